The molecule has 1 N–H and O–H groups in total. The lowest BCUT2D eigenvalue weighted by molar-refractivity contribution is -0.151. The van der Waals surface area contributed by atoms with Gasteiger partial charge in [-0.3, -0.25) is 9.59 Å². The maximum Gasteiger partial charge on any atom is 0.336 e. The summed E-state index contributed by atoms with van der Waals surface area (Å²) in [5.74, 6) is -3.19. The van der Waals surface area contributed by atoms with Crippen LogP contribution >= 0.6 is 11.6 Å². The van der Waals surface area contributed by atoms with Crippen LogP contribution in [0.5, 0.6) is 0 Å². The Morgan fingerprint density at radius 3 is 2.67 bits per heavy atom. The van der Waals surface area contributed by atoms with Gasteiger partial charge >= 0.3 is 11.9 Å². The average Bonchev–Trinajstić information content (AvgIpc) is 2.70. The fourth-order valence-corrected chi connectivity index (χ4v) is 4.44. The van der Waals surface area contributed by atoms with Gasteiger partial charge in [-0.2, -0.15) is 0 Å². The molecule has 0 unspecified atom stereocenters. The molecular weight excluding hydrogens is 406 g/mol. The summed E-state index contributed by atoms with van der Waals surface area (Å²) in [6.07, 6.45) is 1.18. The van der Waals surface area contributed by atoms with Crippen LogP contribution in [0.4, 0.5) is 0 Å². The van der Waals surface area contributed by atoms with E-state index in [1.54, 1.807) is 25.1 Å². The first-order valence-corrected chi connectivity index (χ1v) is 10.4. The lowest BCUT2D eigenvalue weighted by Gasteiger charge is -2.38. The molecule has 1 aliphatic carbocycles. The molecule has 0 saturated carbocycles. The first-order valence-electron chi connectivity index (χ1n) is 10.1. The third kappa shape index (κ3) is 4.01. The number of carbonyl (C=O) groups excluding carboxylic acids is 3. The molecule has 3 rings (SSSR count). The van der Waals surface area contributed by atoms with Crippen molar-refractivity contribution in [3.8, 4) is 0 Å². The number of benzene rings is 1. The zero-order valence-corrected chi connectivity index (χ0v) is 18.3. The number of ketones is 1. The predicted molar refractivity (Wildman–Crippen MR) is 113 cm³/mol. The quantitative estimate of drug-likeness (QED) is 0.562. The van der Waals surface area contributed by atoms with Crippen molar-refractivity contribution in [1.82, 2.24) is 5.32 Å². The Morgan fingerprint density at radius 2 is 2.03 bits per heavy atom. The molecule has 160 valence electrons. The minimum Gasteiger partial charge on any atom is -0.468 e. The molecular formula is C23H26ClNO5. The highest BCUT2D eigenvalue weighted by Crippen LogP contribution is 2.45. The van der Waals surface area contributed by atoms with Crippen molar-refractivity contribution in [2.75, 3.05) is 13.7 Å². The number of ether oxygens (including phenoxy) is 2. The van der Waals surface area contributed by atoms with Crippen LogP contribution in [0.3, 0.4) is 0 Å². The number of nitrogens with one attached hydrogen (secondary N) is 1. The molecule has 3 atom stereocenters. The molecule has 0 radical (unpaired) electrons. The van der Waals surface area contributed by atoms with E-state index in [0.29, 0.717) is 40.3 Å². The van der Waals surface area contributed by atoms with Crippen molar-refractivity contribution in [1.29, 1.82) is 0 Å². The predicted octanol–water partition coefficient (Wildman–Crippen LogP) is 3.91. The molecule has 0 bridgehead atoms. The van der Waals surface area contributed by atoms with Gasteiger partial charge in [-0.25, -0.2) is 4.79 Å². The molecule has 1 aromatic carbocycles. The summed E-state index contributed by atoms with van der Waals surface area (Å²) in [6, 6.07) is 7.07. The third-order valence-corrected chi connectivity index (χ3v) is 5.82. The number of methoxy groups -OCH3 is 1. The van der Waals surface area contributed by atoms with Crippen molar-refractivity contribution in [2.24, 2.45) is 11.8 Å². The van der Waals surface area contributed by atoms with E-state index < -0.39 is 23.8 Å². The summed E-state index contributed by atoms with van der Waals surface area (Å²) in [6.45, 7) is 5.84. The fourth-order valence-electron chi connectivity index (χ4n) is 4.24. The van der Waals surface area contributed by atoms with E-state index in [-0.39, 0.29) is 18.3 Å². The van der Waals surface area contributed by atoms with Crippen molar-refractivity contribution in [3.05, 3.63) is 57.4 Å². The Balaban J connectivity index is 2.16. The van der Waals surface area contributed by atoms with Crippen LogP contribution in [-0.2, 0) is 23.9 Å². The van der Waals surface area contributed by atoms with Crippen LogP contribution < -0.4 is 5.32 Å². The summed E-state index contributed by atoms with van der Waals surface area (Å²) >= 11 is 6.22. The third-order valence-electron chi connectivity index (χ3n) is 5.58. The van der Waals surface area contributed by atoms with Crippen LogP contribution in [0.15, 0.2) is 46.8 Å². The summed E-state index contributed by atoms with van der Waals surface area (Å²) in [4.78, 5) is 38.9. The molecule has 2 aliphatic rings. The topological polar surface area (TPSA) is 81.7 Å². The first kappa shape index (κ1) is 22.1. The standard InChI is InChI=1S/C23H26ClNO5/c1-5-9-30-23(28)18-13(3)25-16-10-12(2)17(22(27)29-4)21(26)20(16)19(18)14-7-6-8-15(24)11-14/h6-8,11-12,17,19,25H,5,9-10H2,1-4H3/t12-,17-,19+/m1/s1. The maximum absolute atomic E-state index is 13.5. The number of esters is 2. The van der Waals surface area contributed by atoms with Crippen molar-refractivity contribution < 1.29 is 23.9 Å². The normalized spacial score (nSPS) is 23.6. The summed E-state index contributed by atoms with van der Waals surface area (Å²) < 4.78 is 10.3. The van der Waals surface area contributed by atoms with Crippen LogP contribution in [0.1, 0.15) is 45.1 Å². The van der Waals surface area contributed by atoms with Crippen molar-refractivity contribution >= 4 is 29.3 Å². The highest BCUT2D eigenvalue weighted by Gasteiger charge is 2.47. The van der Waals surface area contributed by atoms with Crippen LogP contribution in [0.2, 0.25) is 5.02 Å². The second kappa shape index (κ2) is 9.04. The van der Waals surface area contributed by atoms with Gasteiger partial charge in [-0.1, -0.05) is 37.6 Å². The zero-order valence-electron chi connectivity index (χ0n) is 17.6. The highest BCUT2D eigenvalue weighted by molar-refractivity contribution is 6.30. The Morgan fingerprint density at radius 1 is 1.30 bits per heavy atom. The van der Waals surface area contributed by atoms with E-state index in [0.717, 1.165) is 5.70 Å². The van der Waals surface area contributed by atoms with Gasteiger partial charge in [0.1, 0.15) is 5.92 Å². The molecule has 0 amide bonds. The van der Waals surface area contributed by atoms with E-state index in [2.05, 4.69) is 5.32 Å². The van der Waals surface area contributed by atoms with E-state index in [4.69, 9.17) is 21.1 Å². The molecule has 1 heterocycles. The highest BCUT2D eigenvalue weighted by atomic mass is 35.5. The zero-order chi connectivity index (χ0) is 22.0. The molecule has 0 saturated heterocycles. The number of carbonyl (C=O) groups is 3. The molecule has 7 heteroatoms. The largest absolute Gasteiger partial charge is 0.468 e. The smallest absolute Gasteiger partial charge is 0.336 e. The van der Waals surface area contributed by atoms with Crippen molar-refractivity contribution in [3.63, 3.8) is 0 Å². The Kier molecular flexibility index (Phi) is 6.66. The fraction of sp³-hybridized carbons (Fsp3) is 0.435. The van der Waals surface area contributed by atoms with Gasteiger partial charge in [0.25, 0.3) is 0 Å². The molecule has 1 aromatic rings. The number of hydrogen-bond acceptors (Lipinski definition) is 6. The van der Waals surface area contributed by atoms with Gasteiger partial charge < -0.3 is 14.8 Å². The second-order valence-corrected chi connectivity index (χ2v) is 8.16. The minimum absolute atomic E-state index is 0.224. The number of Topliss-reactive ketones (excluding diaryl/α,β-unsaturated/α-hetero) is 1. The maximum atomic E-state index is 13.5. The Hall–Kier alpha value is -2.60. The van der Waals surface area contributed by atoms with Gasteiger partial charge in [0.2, 0.25) is 0 Å². The van der Waals surface area contributed by atoms with Crippen LogP contribution in [-0.4, -0.2) is 31.4 Å². The average molecular weight is 432 g/mol. The number of dihydropyridines is 1. The molecule has 0 aromatic heterocycles. The molecule has 0 fully saturated rings. The molecule has 1 aliphatic heterocycles. The van der Waals surface area contributed by atoms with E-state index in [1.807, 2.05) is 19.9 Å². The molecule has 6 nitrogen and oxygen atoms in total. The minimum atomic E-state index is -0.913. The van der Waals surface area contributed by atoms with Gasteiger partial charge in [0.15, 0.2) is 5.78 Å². The second-order valence-electron chi connectivity index (χ2n) is 7.73. The number of rotatable bonds is 5. The summed E-state index contributed by atoms with van der Waals surface area (Å²) in [5.41, 5.74) is 2.82. The number of halogens is 1. The van der Waals surface area contributed by atoms with Gasteiger partial charge in [-0.15, -0.1) is 0 Å². The SMILES string of the molecule is CCCOC(=O)C1=C(C)NC2=C(C(=O)[C@H](C(=O)OC)[C@H](C)C2)[C@H]1c1cccc(Cl)c1. The number of hydrogen-bond donors (Lipinski definition) is 1. The summed E-state index contributed by atoms with van der Waals surface area (Å²) in [5, 5.41) is 3.72. The number of allylic oxidation sites excluding steroid dienone is 3. The van der Waals surface area contributed by atoms with Crippen LogP contribution in [0.25, 0.3) is 0 Å². The Labute approximate surface area is 181 Å². The van der Waals surface area contributed by atoms with Crippen molar-refractivity contribution in [2.45, 2.75) is 39.5 Å². The van der Waals surface area contributed by atoms with E-state index in [1.165, 1.54) is 7.11 Å². The van der Waals surface area contributed by atoms with Gasteiger partial charge in [-0.05, 0) is 43.4 Å². The molecule has 0 spiro atoms. The van der Waals surface area contributed by atoms with E-state index in [9.17, 15) is 14.4 Å². The Bertz CT molecular complexity index is 949. The van der Waals surface area contributed by atoms with Gasteiger partial charge in [0.05, 0.1) is 19.3 Å². The lowest BCUT2D eigenvalue weighted by Crippen LogP contribution is -2.43. The van der Waals surface area contributed by atoms with E-state index >= 15 is 0 Å². The van der Waals surface area contributed by atoms with Gasteiger partial charge in [0, 0.05) is 27.9 Å². The molecule has 30 heavy (non-hydrogen) atoms. The monoisotopic (exact) mass is 431 g/mol. The van der Waals surface area contributed by atoms with Crippen LogP contribution in [0, 0.1) is 11.8 Å². The summed E-state index contributed by atoms with van der Waals surface area (Å²) in [7, 11) is 1.28. The lowest BCUT2D eigenvalue weighted by atomic mass is 9.69. The first-order chi connectivity index (χ1) is 14.3.